The molecular formula is C17H19FN2O3S. The fraction of sp³-hybridized carbons (Fsp3) is 0.235. The molecule has 5 nitrogen and oxygen atoms in total. The van der Waals surface area contributed by atoms with E-state index < -0.39 is 21.7 Å². The fourth-order valence-corrected chi connectivity index (χ4v) is 3.38. The second kappa shape index (κ2) is 7.44. The molecule has 0 aliphatic rings. The Balaban J connectivity index is 2.20. The van der Waals surface area contributed by atoms with Crippen LogP contribution in [0.1, 0.15) is 24.2 Å². The molecule has 0 saturated heterocycles. The van der Waals surface area contributed by atoms with Gasteiger partial charge in [0.25, 0.3) is 5.91 Å². The van der Waals surface area contributed by atoms with E-state index in [9.17, 15) is 17.6 Å². The van der Waals surface area contributed by atoms with Gasteiger partial charge in [-0.3, -0.25) is 9.10 Å². The Morgan fingerprint density at radius 3 is 2.25 bits per heavy atom. The van der Waals surface area contributed by atoms with Crippen LogP contribution in [0.25, 0.3) is 0 Å². The van der Waals surface area contributed by atoms with Gasteiger partial charge in [0, 0.05) is 12.1 Å². The summed E-state index contributed by atoms with van der Waals surface area (Å²) in [4.78, 5) is 12.2. The molecule has 0 radical (unpaired) electrons. The summed E-state index contributed by atoms with van der Waals surface area (Å²) in [6, 6.07) is 12.0. The summed E-state index contributed by atoms with van der Waals surface area (Å²) in [7, 11) is -3.37. The molecule has 0 unspecified atom stereocenters. The summed E-state index contributed by atoms with van der Waals surface area (Å²) in [5.41, 5.74) is 0.893. The summed E-state index contributed by atoms with van der Waals surface area (Å²) in [5.74, 6) is -0.988. The van der Waals surface area contributed by atoms with Gasteiger partial charge in [-0.25, -0.2) is 12.8 Å². The third kappa shape index (κ3) is 3.91. The maximum atomic E-state index is 13.6. The van der Waals surface area contributed by atoms with Crippen molar-refractivity contribution in [1.82, 2.24) is 0 Å². The molecule has 24 heavy (non-hydrogen) atoms. The Labute approximate surface area is 141 Å². The van der Waals surface area contributed by atoms with Crippen LogP contribution in [0.15, 0.2) is 48.5 Å². The average molecular weight is 350 g/mol. The normalized spacial score (nSPS) is 11.1. The van der Waals surface area contributed by atoms with Crippen molar-refractivity contribution in [3.63, 3.8) is 0 Å². The zero-order valence-corrected chi connectivity index (χ0v) is 14.3. The third-order valence-corrected chi connectivity index (χ3v) is 5.40. The van der Waals surface area contributed by atoms with Crippen LogP contribution in [0.4, 0.5) is 15.8 Å². The van der Waals surface area contributed by atoms with Crippen LogP contribution in [-0.2, 0) is 10.0 Å². The first kappa shape index (κ1) is 17.9. The van der Waals surface area contributed by atoms with Gasteiger partial charge in [0.2, 0.25) is 10.0 Å². The van der Waals surface area contributed by atoms with Gasteiger partial charge in [-0.05, 0) is 50.2 Å². The molecule has 2 aromatic carbocycles. The van der Waals surface area contributed by atoms with Crippen LogP contribution >= 0.6 is 0 Å². The molecule has 0 spiro atoms. The molecule has 0 aliphatic heterocycles. The van der Waals surface area contributed by atoms with Crippen molar-refractivity contribution in [3.05, 3.63) is 59.9 Å². The number of anilines is 2. The van der Waals surface area contributed by atoms with Crippen molar-refractivity contribution >= 4 is 27.3 Å². The van der Waals surface area contributed by atoms with Gasteiger partial charge < -0.3 is 5.32 Å². The highest BCUT2D eigenvalue weighted by molar-refractivity contribution is 7.92. The van der Waals surface area contributed by atoms with Gasteiger partial charge in [0.1, 0.15) is 5.82 Å². The molecule has 1 N–H and O–H groups in total. The molecule has 0 atom stereocenters. The maximum absolute atomic E-state index is 13.6. The molecule has 0 saturated carbocycles. The molecule has 0 fully saturated rings. The highest BCUT2D eigenvalue weighted by Gasteiger charge is 2.19. The van der Waals surface area contributed by atoms with E-state index in [0.717, 1.165) is 0 Å². The van der Waals surface area contributed by atoms with Crippen LogP contribution < -0.4 is 9.62 Å². The number of carbonyl (C=O) groups is 1. The minimum Gasteiger partial charge on any atom is -0.319 e. The zero-order valence-electron chi connectivity index (χ0n) is 13.5. The van der Waals surface area contributed by atoms with Gasteiger partial charge in [-0.1, -0.05) is 12.1 Å². The molecule has 1 amide bonds. The topological polar surface area (TPSA) is 66.5 Å². The molecule has 0 bridgehead atoms. The van der Waals surface area contributed by atoms with Gasteiger partial charge in [-0.2, -0.15) is 0 Å². The number of sulfonamides is 1. The van der Waals surface area contributed by atoms with Crippen molar-refractivity contribution in [2.45, 2.75) is 13.8 Å². The van der Waals surface area contributed by atoms with Crippen molar-refractivity contribution in [2.75, 3.05) is 21.9 Å². The minimum atomic E-state index is -3.37. The predicted molar refractivity (Wildman–Crippen MR) is 93.3 cm³/mol. The van der Waals surface area contributed by atoms with Crippen LogP contribution in [-0.4, -0.2) is 26.6 Å². The van der Waals surface area contributed by atoms with E-state index in [1.807, 2.05) is 0 Å². The largest absolute Gasteiger partial charge is 0.319 e. The van der Waals surface area contributed by atoms with E-state index in [0.29, 0.717) is 17.8 Å². The highest BCUT2D eigenvalue weighted by Crippen LogP contribution is 2.20. The number of hydrogen-bond acceptors (Lipinski definition) is 3. The lowest BCUT2D eigenvalue weighted by Gasteiger charge is -2.22. The van der Waals surface area contributed by atoms with Crippen LogP contribution in [0, 0.1) is 5.82 Å². The molecule has 0 aromatic heterocycles. The summed E-state index contributed by atoms with van der Waals surface area (Å²) < 4.78 is 38.9. The standard InChI is InChI=1S/C17H19FN2O3S/c1-3-20(24(22,23)4-2)14-11-9-13(10-12-14)17(21)19-16-8-6-5-7-15(16)18/h5-12H,3-4H2,1-2H3,(H,19,21). The van der Waals surface area contributed by atoms with Crippen LogP contribution in [0.5, 0.6) is 0 Å². The number of carbonyl (C=O) groups excluding carboxylic acids is 1. The van der Waals surface area contributed by atoms with Crippen LogP contribution in [0.2, 0.25) is 0 Å². The number of para-hydroxylation sites is 1. The van der Waals surface area contributed by atoms with E-state index in [-0.39, 0.29) is 11.4 Å². The Kier molecular flexibility index (Phi) is 5.56. The molecular weight excluding hydrogens is 331 g/mol. The van der Waals surface area contributed by atoms with Crippen molar-refractivity contribution < 1.29 is 17.6 Å². The van der Waals surface area contributed by atoms with E-state index in [2.05, 4.69) is 5.32 Å². The maximum Gasteiger partial charge on any atom is 0.255 e. The second-order valence-corrected chi connectivity index (χ2v) is 7.23. The van der Waals surface area contributed by atoms with Crippen LogP contribution in [0.3, 0.4) is 0 Å². The SMILES string of the molecule is CCN(c1ccc(C(=O)Nc2ccccc2F)cc1)S(=O)(=O)CC. The highest BCUT2D eigenvalue weighted by atomic mass is 32.2. The summed E-state index contributed by atoms with van der Waals surface area (Å²) in [6.07, 6.45) is 0. The number of amides is 1. The van der Waals surface area contributed by atoms with Gasteiger partial charge in [0.05, 0.1) is 17.1 Å². The van der Waals surface area contributed by atoms with E-state index in [1.54, 1.807) is 32.0 Å². The summed E-state index contributed by atoms with van der Waals surface area (Å²) in [6.45, 7) is 3.62. The van der Waals surface area contributed by atoms with Gasteiger partial charge >= 0.3 is 0 Å². The second-order valence-electron chi connectivity index (χ2n) is 5.05. The van der Waals surface area contributed by atoms with E-state index in [1.165, 1.54) is 34.6 Å². The lowest BCUT2D eigenvalue weighted by molar-refractivity contribution is 0.102. The molecule has 2 aromatic rings. The first-order chi connectivity index (χ1) is 11.4. The monoisotopic (exact) mass is 350 g/mol. The molecule has 0 aliphatic carbocycles. The smallest absolute Gasteiger partial charge is 0.255 e. The lowest BCUT2D eigenvalue weighted by Crippen LogP contribution is -2.32. The number of hydrogen-bond donors (Lipinski definition) is 1. The molecule has 2 rings (SSSR count). The Morgan fingerprint density at radius 2 is 1.71 bits per heavy atom. The average Bonchev–Trinajstić information content (AvgIpc) is 2.58. The predicted octanol–water partition coefficient (Wildman–Crippen LogP) is 3.25. The molecule has 128 valence electrons. The zero-order chi connectivity index (χ0) is 17.7. The van der Waals surface area contributed by atoms with Crippen molar-refractivity contribution in [1.29, 1.82) is 0 Å². The number of benzene rings is 2. The quantitative estimate of drug-likeness (QED) is 0.870. The fourth-order valence-electron chi connectivity index (χ4n) is 2.23. The van der Waals surface area contributed by atoms with Gasteiger partial charge in [-0.15, -0.1) is 0 Å². The third-order valence-electron chi connectivity index (χ3n) is 3.53. The Morgan fingerprint density at radius 1 is 1.08 bits per heavy atom. The summed E-state index contributed by atoms with van der Waals surface area (Å²) >= 11 is 0. The number of rotatable bonds is 6. The van der Waals surface area contributed by atoms with E-state index >= 15 is 0 Å². The minimum absolute atomic E-state index is 0.00361. The van der Waals surface area contributed by atoms with E-state index in [4.69, 9.17) is 0 Å². The molecule has 7 heteroatoms. The first-order valence-electron chi connectivity index (χ1n) is 7.55. The Hall–Kier alpha value is -2.41. The Bertz CT molecular complexity index is 820. The number of nitrogens with zero attached hydrogens (tertiary/aromatic N) is 1. The van der Waals surface area contributed by atoms with Gasteiger partial charge in [0.15, 0.2) is 0 Å². The van der Waals surface area contributed by atoms with Crippen molar-refractivity contribution in [2.24, 2.45) is 0 Å². The van der Waals surface area contributed by atoms with Crippen molar-refractivity contribution in [3.8, 4) is 0 Å². The number of halogens is 1. The first-order valence-corrected chi connectivity index (χ1v) is 9.16. The summed E-state index contributed by atoms with van der Waals surface area (Å²) in [5, 5.41) is 2.48. The molecule has 0 heterocycles. The number of nitrogens with one attached hydrogen (secondary N) is 1. The lowest BCUT2D eigenvalue weighted by atomic mass is 10.2.